The summed E-state index contributed by atoms with van der Waals surface area (Å²) in [6.07, 6.45) is 7.06. The molecule has 2 heterocycles. The van der Waals surface area contributed by atoms with Crippen LogP contribution in [0.25, 0.3) is 0 Å². The molecule has 3 rings (SSSR count). The Kier molecular flexibility index (Phi) is 4.98. The number of hydrogen-bond acceptors (Lipinski definition) is 4. The van der Waals surface area contributed by atoms with E-state index in [1.807, 2.05) is 6.07 Å². The predicted molar refractivity (Wildman–Crippen MR) is 88.7 cm³/mol. The van der Waals surface area contributed by atoms with Gasteiger partial charge in [-0.25, -0.2) is 0 Å². The highest BCUT2D eigenvalue weighted by atomic mass is 16.1. The molecule has 1 saturated heterocycles. The Bertz CT molecular complexity index is 632. The van der Waals surface area contributed by atoms with E-state index >= 15 is 0 Å². The third-order valence-electron chi connectivity index (χ3n) is 4.36. The van der Waals surface area contributed by atoms with Crippen LogP contribution in [0.4, 0.5) is 0 Å². The molecule has 1 aliphatic heterocycles. The number of amides is 1. The van der Waals surface area contributed by atoms with Crippen LogP contribution in [-0.4, -0.2) is 40.4 Å². The van der Waals surface area contributed by atoms with Gasteiger partial charge in [-0.15, -0.1) is 0 Å². The van der Waals surface area contributed by atoms with E-state index in [9.17, 15) is 4.79 Å². The molecular formula is C18H22N4O. The quantitative estimate of drug-likeness (QED) is 0.917. The summed E-state index contributed by atoms with van der Waals surface area (Å²) in [7, 11) is 2.11. The number of aryl methyl sites for hydroxylation is 1. The summed E-state index contributed by atoms with van der Waals surface area (Å²) in [5.74, 6) is 0.0804. The van der Waals surface area contributed by atoms with Gasteiger partial charge in [-0.05, 0) is 25.5 Å². The Balaban J connectivity index is 1.59. The Morgan fingerprint density at radius 1 is 1.30 bits per heavy atom. The van der Waals surface area contributed by atoms with E-state index in [0.717, 1.165) is 18.7 Å². The standard InChI is InChI=1S/C18H22N4O/c1-22-12-9-16(18(22)14-5-3-2-4-6-14)21-17(23)8-7-15-13-19-10-11-20-15/h2-6,10-11,13,16,18H,7-9,12H2,1H3,(H,21,23). The third kappa shape index (κ3) is 3.93. The van der Waals surface area contributed by atoms with Crippen molar-refractivity contribution in [2.75, 3.05) is 13.6 Å². The van der Waals surface area contributed by atoms with Crippen LogP contribution in [0.1, 0.15) is 30.1 Å². The van der Waals surface area contributed by atoms with Gasteiger partial charge in [0.1, 0.15) is 0 Å². The van der Waals surface area contributed by atoms with Crippen LogP contribution in [0.5, 0.6) is 0 Å². The normalized spacial score (nSPS) is 21.3. The van der Waals surface area contributed by atoms with E-state index in [1.165, 1.54) is 5.56 Å². The molecule has 0 saturated carbocycles. The van der Waals surface area contributed by atoms with E-state index in [0.29, 0.717) is 12.8 Å². The van der Waals surface area contributed by atoms with Gasteiger partial charge in [0.2, 0.25) is 5.91 Å². The SMILES string of the molecule is CN1CCC(NC(=O)CCc2cnccn2)C1c1ccccc1. The van der Waals surface area contributed by atoms with Crippen molar-refractivity contribution in [3.8, 4) is 0 Å². The molecule has 5 nitrogen and oxygen atoms in total. The molecule has 5 heteroatoms. The Morgan fingerprint density at radius 3 is 2.87 bits per heavy atom. The lowest BCUT2D eigenvalue weighted by molar-refractivity contribution is -0.121. The zero-order chi connectivity index (χ0) is 16.1. The third-order valence-corrected chi connectivity index (χ3v) is 4.36. The summed E-state index contributed by atoms with van der Waals surface area (Å²) in [6, 6.07) is 10.8. The Labute approximate surface area is 136 Å². The number of likely N-dealkylation sites (N-methyl/N-ethyl adjacent to an activating group) is 1. The largest absolute Gasteiger partial charge is 0.351 e. The van der Waals surface area contributed by atoms with Crippen molar-refractivity contribution >= 4 is 5.91 Å². The average molecular weight is 310 g/mol. The second-order valence-electron chi connectivity index (χ2n) is 6.00. The van der Waals surface area contributed by atoms with E-state index < -0.39 is 0 Å². The maximum atomic E-state index is 12.3. The fraction of sp³-hybridized carbons (Fsp3) is 0.389. The van der Waals surface area contributed by atoms with Crippen molar-refractivity contribution in [1.29, 1.82) is 0 Å². The molecule has 1 aromatic carbocycles. The second kappa shape index (κ2) is 7.33. The number of nitrogens with zero attached hydrogens (tertiary/aromatic N) is 3. The molecule has 1 aliphatic rings. The van der Waals surface area contributed by atoms with Crippen molar-refractivity contribution in [3.05, 3.63) is 60.2 Å². The molecule has 2 aromatic rings. The molecule has 0 spiro atoms. The van der Waals surface area contributed by atoms with E-state index in [2.05, 4.69) is 51.5 Å². The highest BCUT2D eigenvalue weighted by Crippen LogP contribution is 2.30. The minimum atomic E-state index is 0.0804. The van der Waals surface area contributed by atoms with Crippen molar-refractivity contribution in [3.63, 3.8) is 0 Å². The van der Waals surface area contributed by atoms with Crippen LogP contribution in [0.2, 0.25) is 0 Å². The molecule has 0 bridgehead atoms. The average Bonchev–Trinajstić information content (AvgIpc) is 2.95. The van der Waals surface area contributed by atoms with Gasteiger partial charge in [0.25, 0.3) is 0 Å². The molecule has 1 amide bonds. The second-order valence-corrected chi connectivity index (χ2v) is 6.00. The lowest BCUT2D eigenvalue weighted by Crippen LogP contribution is -2.39. The van der Waals surface area contributed by atoms with Crippen molar-refractivity contribution < 1.29 is 4.79 Å². The smallest absolute Gasteiger partial charge is 0.220 e. The van der Waals surface area contributed by atoms with Gasteiger partial charge in [-0.3, -0.25) is 19.7 Å². The fourth-order valence-electron chi connectivity index (χ4n) is 3.21. The van der Waals surface area contributed by atoms with Crippen LogP contribution < -0.4 is 5.32 Å². The van der Waals surface area contributed by atoms with Gasteiger partial charge in [0, 0.05) is 37.6 Å². The summed E-state index contributed by atoms with van der Waals surface area (Å²) in [6.45, 7) is 0.995. The van der Waals surface area contributed by atoms with E-state index in [-0.39, 0.29) is 18.0 Å². The Morgan fingerprint density at radius 2 is 2.13 bits per heavy atom. The fourth-order valence-corrected chi connectivity index (χ4v) is 3.21. The van der Waals surface area contributed by atoms with Gasteiger partial charge in [-0.1, -0.05) is 30.3 Å². The van der Waals surface area contributed by atoms with Crippen LogP contribution >= 0.6 is 0 Å². The molecule has 2 atom stereocenters. The summed E-state index contributed by atoms with van der Waals surface area (Å²) >= 11 is 0. The van der Waals surface area contributed by atoms with E-state index in [1.54, 1.807) is 18.6 Å². The van der Waals surface area contributed by atoms with Crippen LogP contribution in [0, 0.1) is 0 Å². The molecule has 2 unspecified atom stereocenters. The van der Waals surface area contributed by atoms with Crippen LogP contribution in [0.3, 0.4) is 0 Å². The minimum Gasteiger partial charge on any atom is -0.351 e. The van der Waals surface area contributed by atoms with Gasteiger partial charge in [0.15, 0.2) is 0 Å². The Hall–Kier alpha value is -2.27. The van der Waals surface area contributed by atoms with Gasteiger partial charge < -0.3 is 5.32 Å². The minimum absolute atomic E-state index is 0.0804. The summed E-state index contributed by atoms with van der Waals surface area (Å²) in [5.41, 5.74) is 2.11. The number of rotatable bonds is 5. The maximum Gasteiger partial charge on any atom is 0.220 e. The van der Waals surface area contributed by atoms with Gasteiger partial charge >= 0.3 is 0 Å². The van der Waals surface area contributed by atoms with E-state index in [4.69, 9.17) is 0 Å². The molecule has 0 radical (unpaired) electrons. The van der Waals surface area contributed by atoms with Gasteiger partial charge in [-0.2, -0.15) is 0 Å². The number of benzene rings is 1. The summed E-state index contributed by atoms with van der Waals surface area (Å²) < 4.78 is 0. The number of aromatic nitrogens is 2. The van der Waals surface area contributed by atoms with Crippen molar-refractivity contribution in [2.24, 2.45) is 0 Å². The van der Waals surface area contributed by atoms with Crippen LogP contribution in [-0.2, 0) is 11.2 Å². The maximum absolute atomic E-state index is 12.3. The highest BCUT2D eigenvalue weighted by Gasteiger charge is 2.33. The molecule has 1 aromatic heterocycles. The molecular weight excluding hydrogens is 288 g/mol. The molecule has 23 heavy (non-hydrogen) atoms. The zero-order valence-corrected chi connectivity index (χ0v) is 13.4. The van der Waals surface area contributed by atoms with Crippen molar-refractivity contribution in [2.45, 2.75) is 31.3 Å². The molecule has 0 aliphatic carbocycles. The highest BCUT2D eigenvalue weighted by molar-refractivity contribution is 5.76. The number of carbonyl (C=O) groups excluding carboxylic acids is 1. The first kappa shape index (κ1) is 15.6. The first-order valence-corrected chi connectivity index (χ1v) is 8.03. The number of nitrogens with one attached hydrogen (secondary N) is 1. The number of likely N-dealkylation sites (tertiary alicyclic amines) is 1. The molecule has 1 N–H and O–H groups in total. The summed E-state index contributed by atoms with van der Waals surface area (Å²) in [4.78, 5) is 22.8. The predicted octanol–water partition coefficient (Wildman–Crippen LogP) is 1.97. The van der Waals surface area contributed by atoms with Crippen molar-refractivity contribution in [1.82, 2.24) is 20.2 Å². The molecule has 120 valence electrons. The number of carbonyl (C=O) groups is 1. The van der Waals surface area contributed by atoms with Crippen LogP contribution in [0.15, 0.2) is 48.9 Å². The number of hydrogen-bond donors (Lipinski definition) is 1. The zero-order valence-electron chi connectivity index (χ0n) is 13.4. The first-order valence-electron chi connectivity index (χ1n) is 8.03. The topological polar surface area (TPSA) is 58.1 Å². The van der Waals surface area contributed by atoms with Gasteiger partial charge in [0.05, 0.1) is 11.7 Å². The lowest BCUT2D eigenvalue weighted by atomic mass is 10.00. The lowest BCUT2D eigenvalue weighted by Gasteiger charge is -2.26. The molecule has 1 fully saturated rings. The summed E-state index contributed by atoms with van der Waals surface area (Å²) in [5, 5.41) is 3.20. The first-order chi connectivity index (χ1) is 11.2. The monoisotopic (exact) mass is 310 g/mol.